The predicted octanol–water partition coefficient (Wildman–Crippen LogP) is 4.14. The highest BCUT2D eigenvalue weighted by Crippen LogP contribution is 2.50. The molecule has 36 heavy (non-hydrogen) atoms. The van der Waals surface area contributed by atoms with Gasteiger partial charge < -0.3 is 24.0 Å². The van der Waals surface area contributed by atoms with E-state index in [2.05, 4.69) is 60.0 Å². The van der Waals surface area contributed by atoms with Gasteiger partial charge in [-0.25, -0.2) is 0 Å². The van der Waals surface area contributed by atoms with Crippen molar-refractivity contribution in [2.75, 3.05) is 33.4 Å². The number of pyridine rings is 1. The summed E-state index contributed by atoms with van der Waals surface area (Å²) in [6.45, 7) is 9.73. The Bertz CT molecular complexity index is 1170. The summed E-state index contributed by atoms with van der Waals surface area (Å²) in [4.78, 5) is 11.2. The van der Waals surface area contributed by atoms with Crippen LogP contribution in [0.5, 0.6) is 0 Å². The van der Waals surface area contributed by atoms with Gasteiger partial charge in [0.15, 0.2) is 0 Å². The molecule has 2 saturated heterocycles. The fourth-order valence-electron chi connectivity index (χ4n) is 5.57. The van der Waals surface area contributed by atoms with E-state index in [1.807, 2.05) is 18.2 Å². The van der Waals surface area contributed by atoms with Crippen LogP contribution < -0.4 is 0 Å². The topological polar surface area (TPSA) is 93.7 Å². The molecule has 3 aromatic rings. The van der Waals surface area contributed by atoms with Crippen LogP contribution in [0.2, 0.25) is 0 Å². The Morgan fingerprint density at radius 1 is 1.14 bits per heavy atom. The van der Waals surface area contributed by atoms with E-state index < -0.39 is 5.60 Å². The third kappa shape index (κ3) is 4.70. The molecule has 192 valence electrons. The normalized spacial score (nSPS) is 20.3. The molecule has 0 radical (unpaired) electrons. The van der Waals surface area contributed by atoms with Crippen molar-refractivity contribution >= 4 is 0 Å². The number of hydrogen-bond acceptors (Lipinski definition) is 8. The molecule has 0 spiro atoms. The lowest BCUT2D eigenvalue weighted by molar-refractivity contribution is -0.127. The van der Waals surface area contributed by atoms with E-state index in [1.165, 1.54) is 5.56 Å². The molecule has 5 rings (SSSR count). The lowest BCUT2D eigenvalue weighted by Crippen LogP contribution is -2.63. The molecule has 0 bridgehead atoms. The van der Waals surface area contributed by atoms with Crippen molar-refractivity contribution in [3.63, 3.8) is 0 Å². The van der Waals surface area contributed by atoms with Crippen molar-refractivity contribution in [2.24, 2.45) is 5.41 Å². The number of hydrogen-bond donors (Lipinski definition) is 1. The van der Waals surface area contributed by atoms with Crippen molar-refractivity contribution in [1.82, 2.24) is 20.0 Å². The average Bonchev–Trinajstić information content (AvgIpc) is 3.36. The Hall–Kier alpha value is -2.65. The van der Waals surface area contributed by atoms with Gasteiger partial charge in [0.2, 0.25) is 5.82 Å². The number of rotatable bonds is 8. The maximum Gasteiger partial charge on any atom is 0.252 e. The summed E-state index contributed by atoms with van der Waals surface area (Å²) in [6.07, 6.45) is 5.35. The van der Waals surface area contributed by atoms with E-state index in [9.17, 15) is 5.11 Å². The van der Waals surface area contributed by atoms with E-state index >= 15 is 0 Å². The average molecular weight is 493 g/mol. The summed E-state index contributed by atoms with van der Waals surface area (Å²) < 4.78 is 16.8. The number of likely N-dealkylation sites (tertiary alicyclic amines) is 1. The summed E-state index contributed by atoms with van der Waals surface area (Å²) in [5.74, 6) is 1.28. The lowest BCUT2D eigenvalue weighted by atomic mass is 9.62. The van der Waals surface area contributed by atoms with E-state index in [4.69, 9.17) is 14.0 Å². The van der Waals surface area contributed by atoms with Gasteiger partial charge in [0.25, 0.3) is 5.89 Å². The van der Waals surface area contributed by atoms with Gasteiger partial charge in [0, 0.05) is 55.2 Å². The molecule has 0 amide bonds. The van der Waals surface area contributed by atoms with Crippen LogP contribution in [0.1, 0.15) is 62.1 Å². The Labute approximate surface area is 212 Å². The van der Waals surface area contributed by atoms with Crippen LogP contribution in [-0.4, -0.2) is 64.6 Å². The van der Waals surface area contributed by atoms with Crippen molar-refractivity contribution in [3.05, 3.63) is 65.3 Å². The molecular weight excluding hydrogens is 456 g/mol. The first kappa shape index (κ1) is 25.0. The quantitative estimate of drug-likeness (QED) is 0.502. The van der Waals surface area contributed by atoms with Gasteiger partial charge in [-0.15, -0.1) is 0 Å². The highest BCUT2D eigenvalue weighted by Gasteiger charge is 2.55. The first-order valence-corrected chi connectivity index (χ1v) is 12.8. The van der Waals surface area contributed by atoms with E-state index in [0.29, 0.717) is 23.2 Å². The molecule has 8 nitrogen and oxygen atoms in total. The molecule has 2 aliphatic rings. The molecule has 1 atom stereocenters. The monoisotopic (exact) mass is 492 g/mol. The molecule has 2 aliphatic heterocycles. The highest BCUT2D eigenvalue weighted by molar-refractivity contribution is 5.56. The Balaban J connectivity index is 1.43. The smallest absolute Gasteiger partial charge is 0.252 e. The maximum absolute atomic E-state index is 12.4. The fourth-order valence-corrected chi connectivity index (χ4v) is 5.57. The minimum Gasteiger partial charge on any atom is -0.381 e. The standard InChI is InChI=1S/C28H36N4O4/c1-19(2)20-5-7-22(8-6-20)28(33,27(3)17-32(4)18-27)23-13-21(14-29-15-23)26-30-25(36-31-26)16-35-24-9-11-34-12-10-24/h5-8,13-15,19,24,33H,9-12,16-18H2,1-4H3/t28-/m0/s1. The van der Waals surface area contributed by atoms with Crippen LogP contribution in [-0.2, 0) is 21.7 Å². The second-order valence-electron chi connectivity index (χ2n) is 10.8. The molecule has 2 aromatic heterocycles. The van der Waals surface area contributed by atoms with Gasteiger partial charge in [-0.05, 0) is 43.0 Å². The third-order valence-corrected chi connectivity index (χ3v) is 7.60. The molecule has 8 heteroatoms. The number of ether oxygens (including phenoxy) is 2. The zero-order valence-electron chi connectivity index (χ0n) is 21.6. The number of nitrogens with zero attached hydrogens (tertiary/aromatic N) is 4. The summed E-state index contributed by atoms with van der Waals surface area (Å²) in [5.41, 5.74) is 1.92. The number of aromatic nitrogens is 3. The van der Waals surface area contributed by atoms with Crippen LogP contribution in [0.25, 0.3) is 11.4 Å². The predicted molar refractivity (Wildman–Crippen MR) is 135 cm³/mol. The Morgan fingerprint density at radius 2 is 1.86 bits per heavy atom. The summed E-state index contributed by atoms with van der Waals surface area (Å²) in [6, 6.07) is 10.2. The van der Waals surface area contributed by atoms with Crippen LogP contribution >= 0.6 is 0 Å². The van der Waals surface area contributed by atoms with Gasteiger partial charge in [-0.1, -0.05) is 50.2 Å². The molecule has 2 fully saturated rings. The van der Waals surface area contributed by atoms with Crippen molar-refractivity contribution in [1.29, 1.82) is 0 Å². The van der Waals surface area contributed by atoms with Crippen molar-refractivity contribution < 1.29 is 19.1 Å². The molecule has 1 N–H and O–H groups in total. The van der Waals surface area contributed by atoms with Crippen LogP contribution in [0, 0.1) is 5.41 Å². The van der Waals surface area contributed by atoms with Crippen LogP contribution in [0.3, 0.4) is 0 Å². The molecule has 4 heterocycles. The zero-order chi connectivity index (χ0) is 25.3. The van der Waals surface area contributed by atoms with Gasteiger partial charge in [0.1, 0.15) is 12.2 Å². The molecule has 0 saturated carbocycles. The zero-order valence-corrected chi connectivity index (χ0v) is 21.6. The minimum atomic E-state index is -1.23. The first-order valence-electron chi connectivity index (χ1n) is 12.8. The Kier molecular flexibility index (Phi) is 6.96. The fraction of sp³-hybridized carbons (Fsp3) is 0.536. The number of aliphatic hydroxyl groups is 1. The van der Waals surface area contributed by atoms with Gasteiger partial charge in [0.05, 0.1) is 6.10 Å². The van der Waals surface area contributed by atoms with Gasteiger partial charge in [-0.3, -0.25) is 4.98 Å². The summed E-state index contributed by atoms with van der Waals surface area (Å²) in [7, 11) is 2.07. The second-order valence-corrected chi connectivity index (χ2v) is 10.8. The summed E-state index contributed by atoms with van der Waals surface area (Å²) in [5, 5.41) is 16.6. The summed E-state index contributed by atoms with van der Waals surface area (Å²) >= 11 is 0. The first-order chi connectivity index (χ1) is 17.3. The largest absolute Gasteiger partial charge is 0.381 e. The van der Waals surface area contributed by atoms with E-state index in [-0.39, 0.29) is 18.1 Å². The number of benzene rings is 1. The van der Waals surface area contributed by atoms with E-state index in [1.54, 1.807) is 12.4 Å². The molecule has 1 aromatic carbocycles. The second kappa shape index (κ2) is 10.0. The van der Waals surface area contributed by atoms with E-state index in [0.717, 1.165) is 50.3 Å². The van der Waals surface area contributed by atoms with Crippen molar-refractivity contribution in [2.45, 2.75) is 57.8 Å². The maximum atomic E-state index is 12.4. The van der Waals surface area contributed by atoms with Gasteiger partial charge in [-0.2, -0.15) is 4.98 Å². The SMILES string of the molecule is CC(C)c1ccc([C@](O)(c2cncc(-c3noc(COC4CCOCC4)n3)c2)C2(C)CN(C)C2)cc1. The minimum absolute atomic E-state index is 0.150. The lowest BCUT2D eigenvalue weighted by Gasteiger charge is -2.55. The Morgan fingerprint density at radius 3 is 2.53 bits per heavy atom. The van der Waals surface area contributed by atoms with Crippen LogP contribution in [0.15, 0.2) is 47.2 Å². The molecular formula is C28H36N4O4. The van der Waals surface area contributed by atoms with Crippen LogP contribution in [0.4, 0.5) is 0 Å². The molecule has 0 unspecified atom stereocenters. The van der Waals surface area contributed by atoms with Gasteiger partial charge >= 0.3 is 0 Å². The van der Waals surface area contributed by atoms with Crippen molar-refractivity contribution in [3.8, 4) is 11.4 Å². The highest BCUT2D eigenvalue weighted by atomic mass is 16.5. The molecule has 0 aliphatic carbocycles. The third-order valence-electron chi connectivity index (χ3n) is 7.60.